The first-order valence-corrected chi connectivity index (χ1v) is 4.21. The number of hydrazine groups is 1. The van der Waals surface area contributed by atoms with Crippen molar-refractivity contribution in [2.75, 3.05) is 0 Å². The zero-order valence-corrected chi connectivity index (χ0v) is 8.28. The maximum Gasteiger partial charge on any atom is 0.260 e. The van der Waals surface area contributed by atoms with Gasteiger partial charge < -0.3 is 5.73 Å². The zero-order chi connectivity index (χ0) is 10.6. The van der Waals surface area contributed by atoms with Gasteiger partial charge in [-0.3, -0.25) is 9.59 Å². The number of carbonyl (C=O) groups is 2. The minimum atomic E-state index is -0.686. The molecule has 0 spiro atoms. The lowest BCUT2D eigenvalue weighted by Crippen LogP contribution is -2.50. The molecular weight excluding hydrogens is 170 g/mol. The van der Waals surface area contributed by atoms with Gasteiger partial charge in [-0.1, -0.05) is 13.8 Å². The molecule has 5 nitrogen and oxygen atoms in total. The molecule has 0 bridgehead atoms. The third-order valence-electron chi connectivity index (χ3n) is 1.62. The van der Waals surface area contributed by atoms with Gasteiger partial charge in [0.15, 0.2) is 0 Å². The lowest BCUT2D eigenvalue weighted by Gasteiger charge is -2.18. The Bertz CT molecular complexity index is 204. The number of nitrogens with two attached hydrogens (primary N) is 2. The van der Waals surface area contributed by atoms with Crippen molar-refractivity contribution in [2.45, 2.75) is 33.2 Å². The van der Waals surface area contributed by atoms with E-state index >= 15 is 0 Å². The van der Waals surface area contributed by atoms with Crippen molar-refractivity contribution in [3.63, 3.8) is 0 Å². The number of amides is 2. The largest absolute Gasteiger partial charge is 0.320 e. The van der Waals surface area contributed by atoms with Crippen LogP contribution < -0.4 is 11.6 Å². The molecule has 5 heteroatoms. The first kappa shape index (κ1) is 12.1. The summed E-state index contributed by atoms with van der Waals surface area (Å²) >= 11 is 0. The molecule has 0 aromatic carbocycles. The summed E-state index contributed by atoms with van der Waals surface area (Å²) in [5.41, 5.74) is 5.53. The monoisotopic (exact) mass is 187 g/mol. The Kier molecular flexibility index (Phi) is 4.58. The number of rotatable bonds is 3. The number of imide groups is 1. The van der Waals surface area contributed by atoms with Crippen LogP contribution in [0.4, 0.5) is 0 Å². The summed E-state index contributed by atoms with van der Waals surface area (Å²) in [5, 5.41) is 0.563. The fourth-order valence-electron chi connectivity index (χ4n) is 0.943. The fourth-order valence-corrected chi connectivity index (χ4v) is 0.943. The topological polar surface area (TPSA) is 89.4 Å². The smallest absolute Gasteiger partial charge is 0.260 e. The van der Waals surface area contributed by atoms with Gasteiger partial charge in [-0.25, -0.2) is 10.9 Å². The molecule has 2 amide bonds. The second-order valence-corrected chi connectivity index (χ2v) is 3.46. The van der Waals surface area contributed by atoms with E-state index in [1.165, 1.54) is 6.92 Å². The van der Waals surface area contributed by atoms with Crippen molar-refractivity contribution in [1.82, 2.24) is 5.01 Å². The van der Waals surface area contributed by atoms with Gasteiger partial charge in [0.2, 0.25) is 5.91 Å². The summed E-state index contributed by atoms with van der Waals surface area (Å²) in [6, 6.07) is -0.686. The van der Waals surface area contributed by atoms with Crippen molar-refractivity contribution in [2.24, 2.45) is 17.5 Å². The van der Waals surface area contributed by atoms with Crippen LogP contribution in [0.3, 0.4) is 0 Å². The Morgan fingerprint density at radius 1 is 1.38 bits per heavy atom. The molecule has 1 atom stereocenters. The van der Waals surface area contributed by atoms with Crippen LogP contribution in [-0.2, 0) is 9.59 Å². The van der Waals surface area contributed by atoms with Crippen molar-refractivity contribution in [1.29, 1.82) is 0 Å². The Hall–Kier alpha value is -0.940. The molecule has 13 heavy (non-hydrogen) atoms. The molecule has 0 rings (SSSR count). The van der Waals surface area contributed by atoms with E-state index in [0.717, 1.165) is 0 Å². The number of hydrogen-bond donors (Lipinski definition) is 2. The Morgan fingerprint density at radius 3 is 2.15 bits per heavy atom. The van der Waals surface area contributed by atoms with Gasteiger partial charge in [0, 0.05) is 6.92 Å². The van der Waals surface area contributed by atoms with E-state index in [1.807, 2.05) is 13.8 Å². The van der Waals surface area contributed by atoms with E-state index < -0.39 is 17.9 Å². The van der Waals surface area contributed by atoms with Crippen molar-refractivity contribution >= 4 is 11.8 Å². The van der Waals surface area contributed by atoms with Gasteiger partial charge in [0.05, 0.1) is 6.04 Å². The summed E-state index contributed by atoms with van der Waals surface area (Å²) in [6.45, 7) is 5.11. The lowest BCUT2D eigenvalue weighted by molar-refractivity contribution is -0.145. The molecule has 0 aromatic rings. The molecule has 0 saturated heterocycles. The summed E-state index contributed by atoms with van der Waals surface area (Å²) in [7, 11) is 0. The maximum atomic E-state index is 11.3. The Labute approximate surface area is 78.0 Å². The summed E-state index contributed by atoms with van der Waals surface area (Å²) in [5.74, 6) is 4.47. The van der Waals surface area contributed by atoms with Crippen molar-refractivity contribution in [3.05, 3.63) is 0 Å². The van der Waals surface area contributed by atoms with Gasteiger partial charge in [0.25, 0.3) is 5.91 Å². The maximum absolute atomic E-state index is 11.3. The van der Waals surface area contributed by atoms with Crippen LogP contribution in [0.5, 0.6) is 0 Å². The quantitative estimate of drug-likeness (QED) is 0.357. The average Bonchev–Trinajstić information content (AvgIpc) is 2.00. The standard InChI is InChI=1S/C8H17N3O2/c1-5(2)4-7(9)8(13)11(10)6(3)12/h5,7H,4,9-10H2,1-3H3/t7-/m0/s1. The fraction of sp³-hybridized carbons (Fsp3) is 0.750. The third kappa shape index (κ3) is 4.00. The van der Waals surface area contributed by atoms with Crippen molar-refractivity contribution < 1.29 is 9.59 Å². The minimum Gasteiger partial charge on any atom is -0.320 e. The minimum absolute atomic E-state index is 0.305. The van der Waals surface area contributed by atoms with Crippen LogP contribution in [0.2, 0.25) is 0 Å². The number of nitrogens with zero attached hydrogens (tertiary/aromatic N) is 1. The van der Waals surface area contributed by atoms with Crippen LogP contribution in [0.25, 0.3) is 0 Å². The van der Waals surface area contributed by atoms with E-state index in [-0.39, 0.29) is 0 Å². The van der Waals surface area contributed by atoms with Gasteiger partial charge in [-0.05, 0) is 12.3 Å². The Balaban J connectivity index is 4.17. The van der Waals surface area contributed by atoms with Gasteiger partial charge in [-0.15, -0.1) is 0 Å². The molecule has 0 aromatic heterocycles. The van der Waals surface area contributed by atoms with E-state index in [0.29, 0.717) is 17.3 Å². The number of carbonyl (C=O) groups excluding carboxylic acids is 2. The van der Waals surface area contributed by atoms with Gasteiger partial charge in [0.1, 0.15) is 0 Å². The average molecular weight is 187 g/mol. The molecule has 76 valence electrons. The second kappa shape index (κ2) is 4.94. The highest BCUT2D eigenvalue weighted by Gasteiger charge is 2.21. The molecule has 0 aliphatic carbocycles. The molecule has 0 aliphatic rings. The van der Waals surface area contributed by atoms with E-state index in [1.54, 1.807) is 0 Å². The summed E-state index contributed by atoms with van der Waals surface area (Å²) < 4.78 is 0. The van der Waals surface area contributed by atoms with Crippen LogP contribution in [0.1, 0.15) is 27.2 Å². The van der Waals surface area contributed by atoms with Crippen LogP contribution in [-0.4, -0.2) is 22.9 Å². The lowest BCUT2D eigenvalue weighted by atomic mass is 10.0. The van der Waals surface area contributed by atoms with E-state index in [4.69, 9.17) is 11.6 Å². The SMILES string of the molecule is CC(=O)N(N)C(=O)[C@@H](N)CC(C)C. The molecule has 0 radical (unpaired) electrons. The predicted molar refractivity (Wildman–Crippen MR) is 49.1 cm³/mol. The highest BCUT2D eigenvalue weighted by Crippen LogP contribution is 2.04. The first-order valence-electron chi connectivity index (χ1n) is 4.21. The molecular formula is C8H17N3O2. The van der Waals surface area contributed by atoms with E-state index in [2.05, 4.69) is 0 Å². The molecule has 0 unspecified atom stereocenters. The van der Waals surface area contributed by atoms with Gasteiger partial charge in [-0.2, -0.15) is 0 Å². The molecule has 0 aliphatic heterocycles. The third-order valence-corrected chi connectivity index (χ3v) is 1.62. The zero-order valence-electron chi connectivity index (χ0n) is 8.28. The summed E-state index contributed by atoms with van der Waals surface area (Å²) in [4.78, 5) is 22.0. The summed E-state index contributed by atoms with van der Waals surface area (Å²) in [6.07, 6.45) is 0.528. The predicted octanol–water partition coefficient (Wildman–Crippen LogP) is -0.391. The van der Waals surface area contributed by atoms with Crippen LogP contribution in [0.15, 0.2) is 0 Å². The normalized spacial score (nSPS) is 12.8. The first-order chi connectivity index (χ1) is 5.86. The van der Waals surface area contributed by atoms with Crippen LogP contribution in [0, 0.1) is 5.92 Å². The number of hydrogen-bond acceptors (Lipinski definition) is 4. The molecule has 0 fully saturated rings. The Morgan fingerprint density at radius 2 is 1.85 bits per heavy atom. The molecule has 4 N–H and O–H groups in total. The van der Waals surface area contributed by atoms with Crippen molar-refractivity contribution in [3.8, 4) is 0 Å². The molecule has 0 saturated carbocycles. The molecule has 0 heterocycles. The highest BCUT2D eigenvalue weighted by molar-refractivity contribution is 5.95. The van der Waals surface area contributed by atoms with Gasteiger partial charge >= 0.3 is 0 Å². The second-order valence-electron chi connectivity index (χ2n) is 3.46. The van der Waals surface area contributed by atoms with Crippen LogP contribution >= 0.6 is 0 Å². The highest BCUT2D eigenvalue weighted by atomic mass is 16.2. The van der Waals surface area contributed by atoms with E-state index in [9.17, 15) is 9.59 Å².